The Morgan fingerprint density at radius 2 is 2.12 bits per heavy atom. The summed E-state index contributed by atoms with van der Waals surface area (Å²) in [6, 6.07) is 10.2. The van der Waals surface area contributed by atoms with Crippen LogP contribution in [0.15, 0.2) is 35.3 Å². The highest BCUT2D eigenvalue weighted by molar-refractivity contribution is 14.0. The number of nitrogens with one attached hydrogen (secondary N) is 2. The molecule has 24 heavy (non-hydrogen) atoms. The molecule has 0 bridgehead atoms. The first-order valence-electron chi connectivity index (χ1n) is 7.92. The molecule has 0 saturated carbocycles. The lowest BCUT2D eigenvalue weighted by Crippen LogP contribution is -2.38. The first kappa shape index (κ1) is 21.1. The number of halogens is 1. The molecule has 2 aromatic rings. The van der Waals surface area contributed by atoms with Gasteiger partial charge in [-0.3, -0.25) is 4.99 Å². The number of hydrogen-bond acceptors (Lipinski definition) is 4. The molecular formula is C17H26IN3O2S. The summed E-state index contributed by atoms with van der Waals surface area (Å²) >= 11 is 1.62. The van der Waals surface area contributed by atoms with Gasteiger partial charge in [0, 0.05) is 36.4 Å². The summed E-state index contributed by atoms with van der Waals surface area (Å²) in [5.41, 5.74) is 0. The maximum absolute atomic E-state index is 10.4. The second kappa shape index (κ2) is 11.6. The van der Waals surface area contributed by atoms with Crippen LogP contribution in [0.25, 0.3) is 10.1 Å². The minimum absolute atomic E-state index is 0. The van der Waals surface area contributed by atoms with Gasteiger partial charge in [0.2, 0.25) is 0 Å². The Hall–Kier alpha value is -0.900. The van der Waals surface area contributed by atoms with Crippen molar-refractivity contribution < 1.29 is 9.84 Å². The Balaban J connectivity index is 0.00000288. The highest BCUT2D eigenvalue weighted by Crippen LogP contribution is 2.29. The van der Waals surface area contributed by atoms with E-state index in [0.717, 1.165) is 37.0 Å². The fourth-order valence-corrected chi connectivity index (χ4v) is 3.24. The minimum atomic E-state index is -0.582. The molecule has 0 aliphatic rings. The molecule has 1 heterocycles. The van der Waals surface area contributed by atoms with Crippen LogP contribution < -0.4 is 10.6 Å². The Kier molecular flexibility index (Phi) is 10.2. The monoisotopic (exact) mass is 463 g/mol. The number of benzene rings is 1. The maximum atomic E-state index is 10.4. The Bertz CT molecular complexity index is 600. The summed E-state index contributed by atoms with van der Waals surface area (Å²) in [5.74, 6) is 0.726. The summed E-state index contributed by atoms with van der Waals surface area (Å²) in [4.78, 5) is 5.42. The number of aliphatic imine (C=N–C) groups is 1. The van der Waals surface area contributed by atoms with Crippen molar-refractivity contribution in [2.45, 2.75) is 19.4 Å². The molecule has 2 rings (SSSR count). The van der Waals surface area contributed by atoms with Crippen LogP contribution in [0.4, 0.5) is 0 Å². The Morgan fingerprint density at radius 3 is 2.83 bits per heavy atom. The minimum Gasteiger partial charge on any atom is -0.386 e. The zero-order valence-electron chi connectivity index (χ0n) is 14.1. The lowest BCUT2D eigenvalue weighted by atomic mass is 10.2. The molecule has 134 valence electrons. The van der Waals surface area contributed by atoms with Crippen molar-refractivity contribution in [1.29, 1.82) is 0 Å². The predicted octanol–water partition coefficient (Wildman–Crippen LogP) is 3.14. The summed E-state index contributed by atoms with van der Waals surface area (Å²) in [5, 5.41) is 18.0. The van der Waals surface area contributed by atoms with Gasteiger partial charge in [0.05, 0.1) is 6.54 Å². The molecule has 0 aliphatic carbocycles. The second-order valence-electron chi connectivity index (χ2n) is 5.20. The molecule has 0 spiro atoms. The highest BCUT2D eigenvalue weighted by atomic mass is 127. The van der Waals surface area contributed by atoms with Crippen LogP contribution in [0.2, 0.25) is 0 Å². The fraction of sp³-hybridized carbons (Fsp3) is 0.471. The van der Waals surface area contributed by atoms with Crippen LogP contribution >= 0.6 is 35.3 Å². The molecule has 0 saturated heterocycles. The number of aliphatic hydroxyl groups is 1. The van der Waals surface area contributed by atoms with Crippen LogP contribution in [0.5, 0.6) is 0 Å². The van der Waals surface area contributed by atoms with E-state index in [1.807, 2.05) is 25.1 Å². The fourth-order valence-electron chi connectivity index (χ4n) is 2.20. The van der Waals surface area contributed by atoms with Gasteiger partial charge in [-0.05, 0) is 30.9 Å². The first-order chi connectivity index (χ1) is 11.2. The molecule has 7 heteroatoms. The van der Waals surface area contributed by atoms with E-state index in [0.29, 0.717) is 6.54 Å². The molecule has 1 aromatic heterocycles. The van der Waals surface area contributed by atoms with Crippen LogP contribution in [-0.4, -0.2) is 44.4 Å². The van der Waals surface area contributed by atoms with Crippen molar-refractivity contribution in [3.63, 3.8) is 0 Å². The third-order valence-electron chi connectivity index (χ3n) is 3.36. The summed E-state index contributed by atoms with van der Waals surface area (Å²) in [6.45, 7) is 4.66. The standard InChI is InChI=1S/C17H25N3O2S.HI/c1-3-18-17(19-9-6-10-22-2)20-12-14(21)16-11-13-7-4-5-8-15(13)23-16;/h4-5,7-8,11,14,21H,3,6,9-10,12H2,1-2H3,(H2,18,19,20);1H. The van der Waals surface area contributed by atoms with Crippen LogP contribution in [-0.2, 0) is 4.74 Å². The van der Waals surface area contributed by atoms with Crippen LogP contribution in [0, 0.1) is 0 Å². The van der Waals surface area contributed by atoms with Gasteiger partial charge in [-0.15, -0.1) is 35.3 Å². The third kappa shape index (κ3) is 6.54. The number of methoxy groups -OCH3 is 1. The number of fused-ring (bicyclic) bond motifs is 1. The predicted molar refractivity (Wildman–Crippen MR) is 113 cm³/mol. The second-order valence-corrected chi connectivity index (χ2v) is 6.31. The van der Waals surface area contributed by atoms with E-state index in [1.54, 1.807) is 18.4 Å². The van der Waals surface area contributed by atoms with Gasteiger partial charge in [-0.25, -0.2) is 0 Å². The number of rotatable bonds is 8. The summed E-state index contributed by atoms with van der Waals surface area (Å²) in [7, 11) is 1.70. The van der Waals surface area contributed by atoms with Gasteiger partial charge < -0.3 is 20.5 Å². The molecule has 0 amide bonds. The van der Waals surface area contributed by atoms with E-state index in [9.17, 15) is 5.11 Å². The molecule has 0 fully saturated rings. The summed E-state index contributed by atoms with van der Waals surface area (Å²) < 4.78 is 6.22. The highest BCUT2D eigenvalue weighted by Gasteiger charge is 2.11. The normalized spacial score (nSPS) is 12.7. The van der Waals surface area contributed by atoms with E-state index < -0.39 is 6.10 Å². The largest absolute Gasteiger partial charge is 0.386 e. The number of guanidine groups is 1. The van der Waals surface area contributed by atoms with Gasteiger partial charge in [-0.2, -0.15) is 0 Å². The molecule has 3 N–H and O–H groups in total. The maximum Gasteiger partial charge on any atom is 0.191 e. The SMILES string of the molecule is CCNC(=NCC(O)c1cc2ccccc2s1)NCCCOC.I. The lowest BCUT2D eigenvalue weighted by Gasteiger charge is -2.12. The van der Waals surface area contributed by atoms with Crippen molar-refractivity contribution in [1.82, 2.24) is 10.6 Å². The number of ether oxygens (including phenoxy) is 1. The van der Waals surface area contributed by atoms with E-state index in [1.165, 1.54) is 10.1 Å². The van der Waals surface area contributed by atoms with E-state index >= 15 is 0 Å². The average molecular weight is 463 g/mol. The van der Waals surface area contributed by atoms with Gasteiger partial charge in [0.1, 0.15) is 6.10 Å². The van der Waals surface area contributed by atoms with E-state index in [2.05, 4.69) is 27.8 Å². The van der Waals surface area contributed by atoms with Crippen molar-refractivity contribution >= 4 is 51.4 Å². The van der Waals surface area contributed by atoms with Crippen molar-refractivity contribution in [2.75, 3.05) is 33.4 Å². The van der Waals surface area contributed by atoms with Crippen molar-refractivity contribution in [3.8, 4) is 0 Å². The smallest absolute Gasteiger partial charge is 0.191 e. The van der Waals surface area contributed by atoms with E-state index in [4.69, 9.17) is 4.74 Å². The average Bonchev–Trinajstić information content (AvgIpc) is 3.00. The third-order valence-corrected chi connectivity index (χ3v) is 4.57. The van der Waals surface area contributed by atoms with Crippen molar-refractivity contribution in [2.24, 2.45) is 4.99 Å². The van der Waals surface area contributed by atoms with Crippen LogP contribution in [0.3, 0.4) is 0 Å². The zero-order chi connectivity index (χ0) is 16.5. The zero-order valence-corrected chi connectivity index (χ0v) is 17.3. The summed E-state index contributed by atoms with van der Waals surface area (Å²) in [6.07, 6.45) is 0.335. The van der Waals surface area contributed by atoms with Gasteiger partial charge in [-0.1, -0.05) is 18.2 Å². The molecule has 0 aliphatic heterocycles. The lowest BCUT2D eigenvalue weighted by molar-refractivity contribution is 0.190. The molecular weight excluding hydrogens is 437 g/mol. The van der Waals surface area contributed by atoms with Gasteiger partial charge in [0.25, 0.3) is 0 Å². The topological polar surface area (TPSA) is 65.9 Å². The van der Waals surface area contributed by atoms with Crippen LogP contribution in [0.1, 0.15) is 24.3 Å². The number of hydrogen-bond donors (Lipinski definition) is 3. The molecule has 1 atom stereocenters. The quantitative estimate of drug-likeness (QED) is 0.244. The molecule has 0 radical (unpaired) electrons. The molecule has 1 aromatic carbocycles. The Morgan fingerprint density at radius 1 is 1.33 bits per heavy atom. The van der Waals surface area contributed by atoms with Gasteiger partial charge >= 0.3 is 0 Å². The number of nitrogens with zero attached hydrogens (tertiary/aromatic N) is 1. The number of aliphatic hydroxyl groups excluding tert-OH is 1. The molecule has 5 nitrogen and oxygen atoms in total. The number of thiophene rings is 1. The van der Waals surface area contributed by atoms with Gasteiger partial charge in [0.15, 0.2) is 5.96 Å². The Labute approximate surface area is 164 Å². The van der Waals surface area contributed by atoms with E-state index in [-0.39, 0.29) is 24.0 Å². The van der Waals surface area contributed by atoms with Crippen molar-refractivity contribution in [3.05, 3.63) is 35.2 Å². The molecule has 1 unspecified atom stereocenters. The first-order valence-corrected chi connectivity index (χ1v) is 8.74.